The second-order valence-electron chi connectivity index (χ2n) is 10.7. The van der Waals surface area contributed by atoms with Gasteiger partial charge >= 0.3 is 0 Å². The van der Waals surface area contributed by atoms with Crippen molar-refractivity contribution in [1.82, 2.24) is 9.29 Å². The van der Waals surface area contributed by atoms with Crippen molar-refractivity contribution in [1.29, 1.82) is 0 Å². The number of sulfonamides is 1. The number of hydrogen-bond acceptors (Lipinski definition) is 8. The number of aliphatic hydroxyl groups is 1. The van der Waals surface area contributed by atoms with E-state index in [1.807, 2.05) is 6.07 Å². The van der Waals surface area contributed by atoms with Gasteiger partial charge in [-0.1, -0.05) is 19.1 Å². The minimum atomic E-state index is -3.61. The van der Waals surface area contributed by atoms with Crippen LogP contribution in [0, 0.1) is 5.92 Å². The summed E-state index contributed by atoms with van der Waals surface area (Å²) in [6.45, 7) is 3.08. The van der Waals surface area contributed by atoms with Crippen molar-refractivity contribution < 1.29 is 31.4 Å². The van der Waals surface area contributed by atoms with E-state index < -0.39 is 26.0 Å². The molecule has 0 aliphatic carbocycles. The van der Waals surface area contributed by atoms with Crippen molar-refractivity contribution in [2.75, 3.05) is 32.1 Å². The Labute approximate surface area is 236 Å². The summed E-state index contributed by atoms with van der Waals surface area (Å²) in [5, 5.41) is 11.3. The summed E-state index contributed by atoms with van der Waals surface area (Å²) in [6.07, 6.45) is 4.42. The average molecular weight is 589 g/mol. The number of fused-ring (bicyclic) bond motifs is 1. The van der Waals surface area contributed by atoms with E-state index in [4.69, 9.17) is 9.47 Å². The lowest BCUT2D eigenvalue weighted by Gasteiger charge is -2.38. The van der Waals surface area contributed by atoms with Crippen LogP contribution in [0.5, 0.6) is 5.75 Å². The maximum absolute atomic E-state index is 13.3. The number of benzene rings is 2. The molecular weight excluding hydrogens is 552 g/mol. The molecule has 3 aromatic rings. The highest BCUT2D eigenvalue weighted by Crippen LogP contribution is 2.41. The lowest BCUT2D eigenvalue weighted by atomic mass is 9.84. The number of hydrogen-bond donors (Lipinski definition) is 1. The van der Waals surface area contributed by atoms with Gasteiger partial charge in [-0.25, -0.2) is 16.8 Å². The normalized spacial score (nSPS) is 20.6. The van der Waals surface area contributed by atoms with Gasteiger partial charge in [0.1, 0.15) is 12.4 Å². The molecule has 0 bridgehead atoms. The molecule has 0 unspecified atom stereocenters. The van der Waals surface area contributed by atoms with Crippen LogP contribution in [0.3, 0.4) is 0 Å². The molecule has 5 rings (SSSR count). The van der Waals surface area contributed by atoms with Crippen molar-refractivity contribution >= 4 is 30.8 Å². The van der Waals surface area contributed by atoms with Crippen LogP contribution in [-0.4, -0.2) is 75.0 Å². The van der Waals surface area contributed by atoms with Gasteiger partial charge in [-0.05, 0) is 80.5 Å². The predicted molar refractivity (Wildman–Crippen MR) is 151 cm³/mol. The number of piperidine rings is 1. The molecule has 0 radical (unpaired) electrons. The summed E-state index contributed by atoms with van der Waals surface area (Å²) in [7, 11) is -6.93. The third-order valence-corrected chi connectivity index (χ3v) is 11.7. The Balaban J connectivity index is 1.09. The highest BCUT2D eigenvalue weighted by molar-refractivity contribution is 7.91. The van der Waals surface area contributed by atoms with E-state index in [0.717, 1.165) is 23.7 Å². The van der Waals surface area contributed by atoms with Gasteiger partial charge < -0.3 is 14.6 Å². The molecule has 2 aliphatic heterocycles. The van der Waals surface area contributed by atoms with E-state index >= 15 is 0 Å². The number of nitrogens with zero attached hydrogens (tertiary/aromatic N) is 2. The molecule has 1 N–H and O–H groups in total. The minimum absolute atomic E-state index is 0.0141. The van der Waals surface area contributed by atoms with Gasteiger partial charge in [0.25, 0.3) is 0 Å². The quantitative estimate of drug-likeness (QED) is 0.379. The molecule has 1 aromatic heterocycles. The van der Waals surface area contributed by atoms with Gasteiger partial charge in [0.05, 0.1) is 39.4 Å². The molecule has 40 heavy (non-hydrogen) atoms. The fourth-order valence-corrected chi connectivity index (χ4v) is 7.99. The van der Waals surface area contributed by atoms with Crippen molar-refractivity contribution in [3.8, 4) is 5.75 Å². The van der Waals surface area contributed by atoms with Crippen LogP contribution in [0.25, 0.3) is 10.9 Å². The highest BCUT2D eigenvalue weighted by atomic mass is 32.2. The molecule has 2 aromatic carbocycles. The summed E-state index contributed by atoms with van der Waals surface area (Å²) in [4.78, 5) is 4.76. The molecule has 11 heteroatoms. The van der Waals surface area contributed by atoms with Crippen LogP contribution in [0.1, 0.15) is 39.0 Å². The second kappa shape index (κ2) is 11.7. The molecule has 0 amide bonds. The number of rotatable bonds is 10. The van der Waals surface area contributed by atoms with Gasteiger partial charge in [-0.2, -0.15) is 4.31 Å². The first-order chi connectivity index (χ1) is 19.1. The molecule has 3 heterocycles. The molecule has 1 spiro atoms. The van der Waals surface area contributed by atoms with Crippen LogP contribution in [-0.2, 0) is 24.6 Å². The average Bonchev–Trinajstić information content (AvgIpc) is 3.37. The zero-order valence-electron chi connectivity index (χ0n) is 22.6. The first-order valence-electron chi connectivity index (χ1n) is 13.7. The predicted octanol–water partition coefficient (Wildman–Crippen LogP) is 3.81. The summed E-state index contributed by atoms with van der Waals surface area (Å²) in [6, 6.07) is 15.0. The fourth-order valence-electron chi connectivity index (χ4n) is 5.60. The van der Waals surface area contributed by atoms with Gasteiger partial charge in [0, 0.05) is 24.7 Å². The first-order valence-corrected chi connectivity index (χ1v) is 16.8. The number of aromatic nitrogens is 1. The highest BCUT2D eigenvalue weighted by Gasteiger charge is 2.44. The Bertz CT molecular complexity index is 1550. The molecule has 2 fully saturated rings. The summed E-state index contributed by atoms with van der Waals surface area (Å²) in [5.41, 5.74) is 0.439. The number of pyridine rings is 1. The Hall–Kier alpha value is -2.57. The molecule has 2 aliphatic rings. The second-order valence-corrected chi connectivity index (χ2v) is 15.0. The molecule has 0 saturated carbocycles. The zero-order chi connectivity index (χ0) is 28.4. The van der Waals surface area contributed by atoms with E-state index in [1.54, 1.807) is 59.9 Å². The Kier molecular flexibility index (Phi) is 8.49. The minimum Gasteiger partial charge on any atom is -0.491 e. The third-order valence-electron chi connectivity index (χ3n) is 8.03. The van der Waals surface area contributed by atoms with E-state index in [-0.39, 0.29) is 33.7 Å². The first kappa shape index (κ1) is 28.9. The number of aliphatic hydroxyl groups excluding tert-OH is 1. The van der Waals surface area contributed by atoms with Crippen LogP contribution in [0.15, 0.2) is 70.6 Å². The van der Waals surface area contributed by atoms with Crippen molar-refractivity contribution in [3.63, 3.8) is 0 Å². The largest absolute Gasteiger partial charge is 0.491 e. The van der Waals surface area contributed by atoms with Crippen molar-refractivity contribution in [3.05, 3.63) is 60.8 Å². The Morgan fingerprint density at radius 1 is 1.07 bits per heavy atom. The lowest BCUT2D eigenvalue weighted by molar-refractivity contribution is -0.0314. The van der Waals surface area contributed by atoms with Gasteiger partial charge in [0.15, 0.2) is 9.84 Å². The van der Waals surface area contributed by atoms with Crippen LogP contribution < -0.4 is 4.74 Å². The smallest absolute Gasteiger partial charge is 0.243 e. The lowest BCUT2D eigenvalue weighted by Crippen LogP contribution is -2.46. The molecule has 216 valence electrons. The van der Waals surface area contributed by atoms with Crippen molar-refractivity contribution in [2.45, 2.75) is 60.5 Å². The molecular formula is C29H36N2O7S2. The monoisotopic (exact) mass is 588 g/mol. The standard InChI is InChI=1S/C29H36N2O7S2/c1-2-39(33,34)26-7-3-6-25(18-26)37-21-24(32)9-8-22-19-29(38-20-22)12-15-31(16-13-29)40(35,36)27-10-11-28-23(17-27)5-4-14-30-28/h3-7,10-11,14,17-18,22,24,32H,2,8-9,12-13,15-16,19-21H2,1H3/t22-,24+/m1/s1. The van der Waals surface area contributed by atoms with Gasteiger partial charge in [-0.15, -0.1) is 0 Å². The summed E-state index contributed by atoms with van der Waals surface area (Å²) >= 11 is 0. The van der Waals surface area contributed by atoms with Crippen LogP contribution in [0.2, 0.25) is 0 Å². The molecule has 9 nitrogen and oxygen atoms in total. The van der Waals surface area contributed by atoms with E-state index in [2.05, 4.69) is 4.98 Å². The summed E-state index contributed by atoms with van der Waals surface area (Å²) in [5.74, 6) is 0.711. The summed E-state index contributed by atoms with van der Waals surface area (Å²) < 4.78 is 64.3. The Morgan fingerprint density at radius 3 is 2.65 bits per heavy atom. The zero-order valence-corrected chi connectivity index (χ0v) is 24.2. The SMILES string of the molecule is CCS(=O)(=O)c1cccc(OC[C@@H](O)CC[C@H]2COC3(CCN(S(=O)(=O)c4ccc5ncccc5c4)CC3)C2)c1. The number of ether oxygens (including phenoxy) is 2. The van der Waals surface area contributed by atoms with E-state index in [1.165, 1.54) is 6.07 Å². The van der Waals surface area contributed by atoms with E-state index in [0.29, 0.717) is 44.7 Å². The van der Waals surface area contributed by atoms with E-state index in [9.17, 15) is 21.9 Å². The fraction of sp³-hybridized carbons (Fsp3) is 0.483. The van der Waals surface area contributed by atoms with Crippen LogP contribution >= 0.6 is 0 Å². The maximum Gasteiger partial charge on any atom is 0.243 e. The maximum atomic E-state index is 13.3. The van der Waals surface area contributed by atoms with Crippen molar-refractivity contribution in [2.24, 2.45) is 5.92 Å². The topological polar surface area (TPSA) is 123 Å². The Morgan fingerprint density at radius 2 is 1.88 bits per heavy atom. The number of sulfone groups is 1. The van der Waals surface area contributed by atoms with Gasteiger partial charge in [0.2, 0.25) is 10.0 Å². The third kappa shape index (κ3) is 6.33. The molecule has 2 saturated heterocycles. The van der Waals surface area contributed by atoms with Gasteiger partial charge in [-0.3, -0.25) is 4.98 Å². The van der Waals surface area contributed by atoms with Crippen LogP contribution in [0.4, 0.5) is 0 Å². The molecule has 2 atom stereocenters.